The summed E-state index contributed by atoms with van der Waals surface area (Å²) < 4.78 is 0. The monoisotopic (exact) mass is 371 g/mol. The summed E-state index contributed by atoms with van der Waals surface area (Å²) in [4.78, 5) is 35.2. The van der Waals surface area contributed by atoms with Gasteiger partial charge >= 0.3 is 5.97 Å². The Morgan fingerprint density at radius 1 is 0.929 bits per heavy atom. The molecule has 0 aliphatic heterocycles. The Kier molecular flexibility index (Phi) is 3.26. The number of carbonyl (C=O) groups excluding carboxylic acids is 1. The maximum atomic E-state index is 13.3. The largest absolute Gasteiger partial charge is 0.508 e. The molecule has 7 nitrogen and oxygen atoms in total. The minimum atomic E-state index is -1.23. The van der Waals surface area contributed by atoms with Crippen molar-refractivity contribution in [1.29, 1.82) is 0 Å². The number of rotatable bonds is 3. The maximum absolute atomic E-state index is 13.3. The van der Waals surface area contributed by atoms with Crippen molar-refractivity contribution >= 4 is 44.5 Å². The number of pyridine rings is 1. The molecule has 5 aromatic rings. The number of benzene rings is 2. The number of ketones is 1. The molecule has 0 fully saturated rings. The van der Waals surface area contributed by atoms with E-state index in [1.807, 2.05) is 24.3 Å². The summed E-state index contributed by atoms with van der Waals surface area (Å²) in [5.74, 6) is -1.57. The Labute approximate surface area is 157 Å². The van der Waals surface area contributed by atoms with Crippen molar-refractivity contribution in [3.63, 3.8) is 0 Å². The van der Waals surface area contributed by atoms with Crippen molar-refractivity contribution in [2.45, 2.75) is 0 Å². The summed E-state index contributed by atoms with van der Waals surface area (Å²) in [6, 6.07) is 13.5. The molecule has 28 heavy (non-hydrogen) atoms. The van der Waals surface area contributed by atoms with E-state index in [2.05, 4.69) is 15.0 Å². The Morgan fingerprint density at radius 2 is 1.75 bits per heavy atom. The summed E-state index contributed by atoms with van der Waals surface area (Å²) in [5.41, 5.74) is 2.10. The number of nitrogens with zero attached hydrogens (tertiary/aromatic N) is 1. The number of hydrogen-bond donors (Lipinski definition) is 4. The highest BCUT2D eigenvalue weighted by molar-refractivity contribution is 6.23. The molecular formula is C21H13N3O4. The van der Waals surface area contributed by atoms with E-state index < -0.39 is 5.97 Å². The molecule has 0 aliphatic rings. The van der Waals surface area contributed by atoms with Gasteiger partial charge < -0.3 is 20.2 Å². The predicted octanol–water partition coefficient (Wildman–Crippen LogP) is 3.83. The van der Waals surface area contributed by atoms with Crippen LogP contribution < -0.4 is 0 Å². The summed E-state index contributed by atoms with van der Waals surface area (Å²) in [7, 11) is 0. The molecule has 0 aliphatic carbocycles. The van der Waals surface area contributed by atoms with Crippen LogP contribution in [0.5, 0.6) is 5.75 Å². The first kappa shape index (κ1) is 16.1. The molecule has 0 bridgehead atoms. The smallest absolute Gasteiger partial charge is 0.354 e. The molecule has 0 saturated heterocycles. The van der Waals surface area contributed by atoms with Gasteiger partial charge in [0.05, 0.1) is 5.52 Å². The predicted molar refractivity (Wildman–Crippen MR) is 104 cm³/mol. The topological polar surface area (TPSA) is 119 Å². The van der Waals surface area contributed by atoms with Crippen LogP contribution in [-0.4, -0.2) is 36.9 Å². The molecule has 0 amide bonds. The maximum Gasteiger partial charge on any atom is 0.354 e. The first-order valence-electron chi connectivity index (χ1n) is 8.52. The second-order valence-electron chi connectivity index (χ2n) is 6.52. The van der Waals surface area contributed by atoms with Crippen LogP contribution >= 0.6 is 0 Å². The average molecular weight is 371 g/mol. The molecule has 0 radical (unpaired) electrons. The van der Waals surface area contributed by atoms with Gasteiger partial charge in [0.25, 0.3) is 0 Å². The molecule has 0 unspecified atom stereocenters. The van der Waals surface area contributed by atoms with Crippen LogP contribution in [0.1, 0.15) is 26.5 Å². The molecule has 136 valence electrons. The molecule has 0 saturated carbocycles. The molecular weight excluding hydrogens is 358 g/mol. The number of nitrogens with one attached hydrogen (secondary N) is 2. The lowest BCUT2D eigenvalue weighted by Crippen LogP contribution is -2.09. The van der Waals surface area contributed by atoms with E-state index in [1.54, 1.807) is 12.3 Å². The number of carboxylic acid groups (broad SMARTS) is 1. The summed E-state index contributed by atoms with van der Waals surface area (Å²) >= 11 is 0. The fraction of sp³-hybridized carbons (Fsp3) is 0. The van der Waals surface area contributed by atoms with Gasteiger partial charge in [0.15, 0.2) is 0 Å². The van der Waals surface area contributed by atoms with Crippen molar-refractivity contribution in [1.82, 2.24) is 15.0 Å². The van der Waals surface area contributed by atoms with Gasteiger partial charge in [-0.15, -0.1) is 0 Å². The highest BCUT2D eigenvalue weighted by atomic mass is 16.4. The van der Waals surface area contributed by atoms with E-state index in [9.17, 15) is 19.8 Å². The third-order valence-corrected chi connectivity index (χ3v) is 4.84. The van der Waals surface area contributed by atoms with E-state index in [0.29, 0.717) is 27.4 Å². The van der Waals surface area contributed by atoms with Gasteiger partial charge in [-0.25, -0.2) is 9.78 Å². The van der Waals surface area contributed by atoms with Crippen LogP contribution in [0.15, 0.2) is 54.7 Å². The number of hydrogen-bond acceptors (Lipinski definition) is 4. The Bertz CT molecular complexity index is 1430. The summed E-state index contributed by atoms with van der Waals surface area (Å²) in [5, 5.41) is 21.2. The number of fused-ring (bicyclic) bond motifs is 4. The molecule has 2 aromatic carbocycles. The number of phenols is 1. The second-order valence-corrected chi connectivity index (χ2v) is 6.52. The van der Waals surface area contributed by atoms with Crippen LogP contribution in [0, 0.1) is 0 Å². The van der Waals surface area contributed by atoms with E-state index in [0.717, 1.165) is 10.9 Å². The average Bonchev–Trinajstić information content (AvgIpc) is 3.28. The van der Waals surface area contributed by atoms with Crippen molar-refractivity contribution in [2.75, 3.05) is 0 Å². The fourth-order valence-corrected chi connectivity index (χ4v) is 3.54. The van der Waals surface area contributed by atoms with Crippen molar-refractivity contribution in [3.05, 3.63) is 71.7 Å². The van der Waals surface area contributed by atoms with E-state index >= 15 is 0 Å². The lowest BCUT2D eigenvalue weighted by molar-refractivity contribution is 0.0690. The number of aromatic hydroxyl groups is 1. The van der Waals surface area contributed by atoms with Crippen LogP contribution in [0.4, 0.5) is 0 Å². The molecule has 7 heteroatoms. The SMILES string of the molecule is O=C(O)c1cc2c([nH]c3ccc(O)cc32)c(C(=O)c2c[nH]c3ccccc23)n1. The first-order valence-corrected chi connectivity index (χ1v) is 8.52. The van der Waals surface area contributed by atoms with Gasteiger partial charge in [-0.05, 0) is 30.3 Å². The molecule has 0 atom stereocenters. The van der Waals surface area contributed by atoms with Crippen LogP contribution in [0.2, 0.25) is 0 Å². The standard InChI is InChI=1S/C21H13N3O4/c25-10-5-6-16-12(7-10)13-8-17(21(27)28)24-19(18(13)23-16)20(26)14-9-22-15-4-2-1-3-11(14)15/h1-9,22-23,25H,(H,27,28). The van der Waals surface area contributed by atoms with Gasteiger partial charge in [-0.1, -0.05) is 18.2 Å². The van der Waals surface area contributed by atoms with Gasteiger partial charge in [-0.2, -0.15) is 0 Å². The summed E-state index contributed by atoms with van der Waals surface area (Å²) in [6.07, 6.45) is 1.60. The van der Waals surface area contributed by atoms with E-state index in [4.69, 9.17) is 0 Å². The Hall–Kier alpha value is -4.13. The van der Waals surface area contributed by atoms with E-state index in [1.165, 1.54) is 18.2 Å². The lowest BCUT2D eigenvalue weighted by atomic mass is 10.0. The second kappa shape index (κ2) is 5.68. The van der Waals surface area contributed by atoms with Crippen molar-refractivity contribution in [3.8, 4) is 5.75 Å². The van der Waals surface area contributed by atoms with Crippen LogP contribution in [-0.2, 0) is 0 Å². The molecule has 3 heterocycles. The number of aromatic nitrogens is 3. The highest BCUT2D eigenvalue weighted by Gasteiger charge is 2.23. The van der Waals surface area contributed by atoms with Crippen LogP contribution in [0.25, 0.3) is 32.7 Å². The first-order chi connectivity index (χ1) is 13.5. The zero-order chi connectivity index (χ0) is 19.4. The van der Waals surface area contributed by atoms with Gasteiger partial charge in [-0.3, -0.25) is 4.79 Å². The molecule has 0 spiro atoms. The lowest BCUT2D eigenvalue weighted by Gasteiger charge is -2.04. The molecule has 5 rings (SSSR count). The number of aromatic amines is 2. The van der Waals surface area contributed by atoms with Gasteiger partial charge in [0, 0.05) is 39.0 Å². The number of carboxylic acids is 1. The number of para-hydroxylation sites is 1. The molecule has 4 N–H and O–H groups in total. The number of H-pyrrole nitrogens is 2. The number of carbonyl (C=O) groups is 2. The quantitative estimate of drug-likeness (QED) is 0.359. The van der Waals surface area contributed by atoms with E-state index in [-0.39, 0.29) is 22.9 Å². The van der Waals surface area contributed by atoms with Crippen molar-refractivity contribution < 1.29 is 19.8 Å². The van der Waals surface area contributed by atoms with Crippen LogP contribution in [0.3, 0.4) is 0 Å². The minimum Gasteiger partial charge on any atom is -0.508 e. The third kappa shape index (κ3) is 2.26. The van der Waals surface area contributed by atoms with Gasteiger partial charge in [0.2, 0.25) is 5.78 Å². The molecule has 3 aromatic heterocycles. The number of phenolic OH excluding ortho intramolecular Hbond substituents is 1. The third-order valence-electron chi connectivity index (χ3n) is 4.84. The number of aromatic carboxylic acids is 1. The zero-order valence-corrected chi connectivity index (χ0v) is 14.4. The Morgan fingerprint density at radius 3 is 2.57 bits per heavy atom. The normalized spacial score (nSPS) is 11.4. The van der Waals surface area contributed by atoms with Gasteiger partial charge in [0.1, 0.15) is 17.1 Å². The minimum absolute atomic E-state index is 0.0235. The highest BCUT2D eigenvalue weighted by Crippen LogP contribution is 2.32. The Balaban J connectivity index is 1.83. The zero-order valence-electron chi connectivity index (χ0n) is 14.4. The fourth-order valence-electron chi connectivity index (χ4n) is 3.54. The van der Waals surface area contributed by atoms with Crippen molar-refractivity contribution in [2.24, 2.45) is 0 Å². The summed E-state index contributed by atoms with van der Waals surface area (Å²) in [6.45, 7) is 0.